The lowest BCUT2D eigenvalue weighted by molar-refractivity contribution is 0.617. The van der Waals surface area contributed by atoms with E-state index in [0.717, 1.165) is 18.5 Å². The molecule has 9 heteroatoms. The van der Waals surface area contributed by atoms with Gasteiger partial charge in [-0.3, -0.25) is 4.79 Å². The van der Waals surface area contributed by atoms with Gasteiger partial charge in [-0.2, -0.15) is 11.3 Å². The number of aromatic nitrogens is 4. The van der Waals surface area contributed by atoms with Crippen molar-refractivity contribution >= 4 is 23.1 Å². The number of nitrogens with one attached hydrogen (secondary N) is 2. The summed E-state index contributed by atoms with van der Waals surface area (Å²) in [6.45, 7) is 1.44. The van der Waals surface area contributed by atoms with Crippen molar-refractivity contribution < 1.29 is 4.39 Å². The van der Waals surface area contributed by atoms with Crippen LogP contribution in [0.15, 0.2) is 40.2 Å². The predicted molar refractivity (Wildman–Crippen MR) is 94.4 cm³/mol. The van der Waals surface area contributed by atoms with Gasteiger partial charge in [0.05, 0.1) is 12.5 Å². The quantitative estimate of drug-likeness (QED) is 0.743. The van der Waals surface area contributed by atoms with Crippen LogP contribution in [0.25, 0.3) is 11.3 Å². The maximum absolute atomic E-state index is 14.0. The van der Waals surface area contributed by atoms with Gasteiger partial charge in [0.25, 0.3) is 5.56 Å². The standard InChI is InChI=1S/C16H15FN6OS/c17-12-6-18-16(22-15(12)10-2-4-25-8-10)21-11-1-3-23(7-11)13-5-14(24)20-9-19-13/h2,4-6,8-9,11H,1,3,7H2,(H,18,21,22)(H,19,20,24). The molecular formula is C16H15FN6OS. The molecule has 0 radical (unpaired) electrons. The second-order valence-electron chi connectivity index (χ2n) is 5.75. The fourth-order valence-electron chi connectivity index (χ4n) is 2.84. The second kappa shape index (κ2) is 6.60. The van der Waals surface area contributed by atoms with E-state index >= 15 is 0 Å². The number of hydrogen-bond acceptors (Lipinski definition) is 7. The highest BCUT2D eigenvalue weighted by molar-refractivity contribution is 7.08. The molecule has 0 saturated carbocycles. The summed E-state index contributed by atoms with van der Waals surface area (Å²) in [5.74, 6) is 0.602. The third-order valence-corrected chi connectivity index (χ3v) is 4.73. The lowest BCUT2D eigenvalue weighted by atomic mass is 10.2. The molecule has 7 nitrogen and oxygen atoms in total. The van der Waals surface area contributed by atoms with Crippen molar-refractivity contribution in [2.24, 2.45) is 0 Å². The fourth-order valence-corrected chi connectivity index (χ4v) is 3.48. The maximum atomic E-state index is 14.0. The van der Waals surface area contributed by atoms with E-state index in [0.29, 0.717) is 24.0 Å². The van der Waals surface area contributed by atoms with Gasteiger partial charge in [-0.05, 0) is 17.9 Å². The lowest BCUT2D eigenvalue weighted by Gasteiger charge is -2.17. The molecule has 3 aromatic rings. The molecule has 4 rings (SSSR count). The topological polar surface area (TPSA) is 86.8 Å². The van der Waals surface area contributed by atoms with E-state index in [9.17, 15) is 9.18 Å². The Morgan fingerprint density at radius 1 is 1.40 bits per heavy atom. The van der Waals surface area contributed by atoms with Crippen LogP contribution < -0.4 is 15.8 Å². The first-order chi connectivity index (χ1) is 12.2. The van der Waals surface area contributed by atoms with Crippen LogP contribution in [0.2, 0.25) is 0 Å². The first-order valence-corrected chi connectivity index (χ1v) is 8.74. The number of halogens is 1. The smallest absolute Gasteiger partial charge is 0.252 e. The summed E-state index contributed by atoms with van der Waals surface area (Å²) in [5.41, 5.74) is 0.863. The van der Waals surface area contributed by atoms with Crippen molar-refractivity contribution in [2.45, 2.75) is 12.5 Å². The molecule has 0 aromatic carbocycles. The number of nitrogens with zero attached hydrogens (tertiary/aromatic N) is 4. The molecule has 0 amide bonds. The van der Waals surface area contributed by atoms with Crippen LogP contribution in [0.5, 0.6) is 0 Å². The molecule has 1 aliphatic heterocycles. The highest BCUT2D eigenvalue weighted by atomic mass is 32.1. The zero-order valence-electron chi connectivity index (χ0n) is 13.1. The van der Waals surface area contributed by atoms with E-state index in [1.807, 2.05) is 21.7 Å². The summed E-state index contributed by atoms with van der Waals surface area (Å²) in [4.78, 5) is 28.5. The van der Waals surface area contributed by atoms with Gasteiger partial charge in [-0.25, -0.2) is 19.3 Å². The summed E-state index contributed by atoms with van der Waals surface area (Å²) in [6, 6.07) is 3.41. The summed E-state index contributed by atoms with van der Waals surface area (Å²) in [7, 11) is 0. The van der Waals surface area contributed by atoms with Gasteiger partial charge in [0, 0.05) is 36.1 Å². The molecule has 1 fully saturated rings. The molecule has 1 unspecified atom stereocenters. The summed E-state index contributed by atoms with van der Waals surface area (Å²) < 4.78 is 14.0. The van der Waals surface area contributed by atoms with Crippen LogP contribution in [0.4, 0.5) is 16.2 Å². The maximum Gasteiger partial charge on any atom is 0.252 e. The number of rotatable bonds is 4. The van der Waals surface area contributed by atoms with Crippen molar-refractivity contribution in [3.05, 3.63) is 51.6 Å². The minimum Gasteiger partial charge on any atom is -0.354 e. The largest absolute Gasteiger partial charge is 0.354 e. The van der Waals surface area contributed by atoms with Crippen LogP contribution in [-0.4, -0.2) is 39.1 Å². The van der Waals surface area contributed by atoms with Gasteiger partial charge in [0.2, 0.25) is 5.95 Å². The van der Waals surface area contributed by atoms with Crippen LogP contribution in [0.3, 0.4) is 0 Å². The van der Waals surface area contributed by atoms with Gasteiger partial charge >= 0.3 is 0 Å². The molecule has 25 heavy (non-hydrogen) atoms. The van der Waals surface area contributed by atoms with Gasteiger partial charge in [0.15, 0.2) is 5.82 Å². The van der Waals surface area contributed by atoms with Crippen molar-refractivity contribution in [2.75, 3.05) is 23.3 Å². The highest BCUT2D eigenvalue weighted by Gasteiger charge is 2.24. The van der Waals surface area contributed by atoms with E-state index in [4.69, 9.17) is 0 Å². The second-order valence-corrected chi connectivity index (χ2v) is 6.53. The molecule has 0 aliphatic carbocycles. The Kier molecular flexibility index (Phi) is 4.14. The van der Waals surface area contributed by atoms with Crippen LogP contribution in [0, 0.1) is 5.82 Å². The van der Waals surface area contributed by atoms with Crippen molar-refractivity contribution in [3.63, 3.8) is 0 Å². The van der Waals surface area contributed by atoms with Gasteiger partial charge in [-0.15, -0.1) is 0 Å². The number of aromatic amines is 1. The van der Waals surface area contributed by atoms with Crippen molar-refractivity contribution in [1.82, 2.24) is 19.9 Å². The molecule has 128 valence electrons. The molecule has 1 saturated heterocycles. The number of hydrogen-bond donors (Lipinski definition) is 2. The van der Waals surface area contributed by atoms with E-state index in [1.165, 1.54) is 29.9 Å². The zero-order valence-corrected chi connectivity index (χ0v) is 14.0. The van der Waals surface area contributed by atoms with E-state index in [2.05, 4.69) is 25.3 Å². The Morgan fingerprint density at radius 2 is 2.32 bits per heavy atom. The monoisotopic (exact) mass is 358 g/mol. The molecule has 1 aliphatic rings. The average Bonchev–Trinajstić information content (AvgIpc) is 3.28. The Balaban J connectivity index is 1.48. The fraction of sp³-hybridized carbons (Fsp3) is 0.250. The highest BCUT2D eigenvalue weighted by Crippen LogP contribution is 2.24. The molecule has 3 aromatic heterocycles. The Hall–Kier alpha value is -2.81. The third-order valence-electron chi connectivity index (χ3n) is 4.05. The van der Waals surface area contributed by atoms with Crippen LogP contribution in [0.1, 0.15) is 6.42 Å². The van der Waals surface area contributed by atoms with E-state index in [-0.39, 0.29) is 11.6 Å². The van der Waals surface area contributed by atoms with Gasteiger partial charge in [0.1, 0.15) is 11.5 Å². The van der Waals surface area contributed by atoms with E-state index in [1.54, 1.807) is 0 Å². The molecular weight excluding hydrogens is 343 g/mol. The van der Waals surface area contributed by atoms with E-state index < -0.39 is 5.82 Å². The minimum absolute atomic E-state index is 0.0990. The molecule has 0 spiro atoms. The number of thiophene rings is 1. The average molecular weight is 358 g/mol. The zero-order chi connectivity index (χ0) is 17.2. The molecule has 4 heterocycles. The number of anilines is 2. The predicted octanol–water partition coefficient (Wildman–Crippen LogP) is 2.12. The van der Waals surface area contributed by atoms with Gasteiger partial charge < -0.3 is 15.2 Å². The Bertz CT molecular complexity index is 928. The molecule has 0 bridgehead atoms. The molecule has 2 N–H and O–H groups in total. The summed E-state index contributed by atoms with van der Waals surface area (Å²) >= 11 is 1.49. The first-order valence-electron chi connectivity index (χ1n) is 7.80. The summed E-state index contributed by atoms with van der Waals surface area (Å²) in [6.07, 6.45) is 3.44. The number of H-pyrrole nitrogens is 1. The minimum atomic E-state index is -0.440. The third kappa shape index (κ3) is 3.36. The normalized spacial score (nSPS) is 17.0. The summed E-state index contributed by atoms with van der Waals surface area (Å²) in [5, 5.41) is 6.98. The molecule has 1 atom stereocenters. The van der Waals surface area contributed by atoms with Crippen LogP contribution in [-0.2, 0) is 0 Å². The van der Waals surface area contributed by atoms with Gasteiger partial charge in [-0.1, -0.05) is 0 Å². The van der Waals surface area contributed by atoms with Crippen molar-refractivity contribution in [3.8, 4) is 11.3 Å². The SMILES string of the molecule is O=c1cc(N2CCC(Nc3ncc(F)c(-c4ccsc4)n3)C2)nc[nH]1. The van der Waals surface area contributed by atoms with Crippen LogP contribution >= 0.6 is 11.3 Å². The Morgan fingerprint density at radius 3 is 3.12 bits per heavy atom. The lowest BCUT2D eigenvalue weighted by Crippen LogP contribution is -2.28. The Labute approximate surface area is 146 Å². The first kappa shape index (κ1) is 15.7. The van der Waals surface area contributed by atoms with Crippen molar-refractivity contribution in [1.29, 1.82) is 0 Å².